The van der Waals surface area contributed by atoms with Crippen molar-refractivity contribution in [1.82, 2.24) is 24.6 Å². The lowest BCUT2D eigenvalue weighted by atomic mass is 10.0. The van der Waals surface area contributed by atoms with Crippen molar-refractivity contribution < 1.29 is 5.11 Å². The molecule has 6 heteroatoms. The van der Waals surface area contributed by atoms with Gasteiger partial charge in [0.25, 0.3) is 0 Å². The van der Waals surface area contributed by atoms with Crippen molar-refractivity contribution in [2.45, 2.75) is 45.3 Å². The molecular formula is C22H27N5O. The summed E-state index contributed by atoms with van der Waals surface area (Å²) in [5.41, 5.74) is 3.96. The number of likely N-dealkylation sites (tertiary alicyclic amines) is 1. The minimum atomic E-state index is -1.04. The standard InChI is InChI=1S/C22H27N5O/c1-15-21-19(11-17(25-15)5-8-22(2,3)28)20(16-12-23-24-13-16)14-27(21)18-6-9-26(4)10-7-18/h11-14,18,28H,6-7,9-10H2,1-4H3,(H,23,24). The third-order valence-corrected chi connectivity index (χ3v) is 5.37. The van der Waals surface area contributed by atoms with Crippen LogP contribution in [0, 0.1) is 18.8 Å². The van der Waals surface area contributed by atoms with E-state index in [9.17, 15) is 5.11 Å². The van der Waals surface area contributed by atoms with Gasteiger partial charge in [0, 0.05) is 34.9 Å². The Morgan fingerprint density at radius 3 is 2.68 bits per heavy atom. The van der Waals surface area contributed by atoms with Crippen LogP contribution in [-0.2, 0) is 0 Å². The van der Waals surface area contributed by atoms with Crippen LogP contribution in [0.2, 0.25) is 0 Å². The number of nitrogens with one attached hydrogen (secondary N) is 1. The van der Waals surface area contributed by atoms with E-state index < -0.39 is 5.60 Å². The monoisotopic (exact) mass is 377 g/mol. The molecular weight excluding hydrogens is 350 g/mol. The second-order valence-corrected chi connectivity index (χ2v) is 8.27. The van der Waals surface area contributed by atoms with Crippen molar-refractivity contribution in [2.75, 3.05) is 20.1 Å². The van der Waals surface area contributed by atoms with Gasteiger partial charge >= 0.3 is 0 Å². The summed E-state index contributed by atoms with van der Waals surface area (Å²) >= 11 is 0. The van der Waals surface area contributed by atoms with Gasteiger partial charge in [-0.1, -0.05) is 5.92 Å². The molecule has 2 N–H and O–H groups in total. The number of aryl methyl sites for hydroxylation is 1. The number of fused-ring (bicyclic) bond motifs is 1. The minimum absolute atomic E-state index is 0.466. The summed E-state index contributed by atoms with van der Waals surface area (Å²) in [6, 6.07) is 2.50. The van der Waals surface area contributed by atoms with E-state index in [0.717, 1.165) is 48.1 Å². The summed E-state index contributed by atoms with van der Waals surface area (Å²) in [5.74, 6) is 5.91. The van der Waals surface area contributed by atoms with Gasteiger partial charge in [-0.2, -0.15) is 5.10 Å². The van der Waals surface area contributed by atoms with E-state index >= 15 is 0 Å². The third kappa shape index (κ3) is 3.68. The van der Waals surface area contributed by atoms with Gasteiger partial charge < -0.3 is 14.6 Å². The van der Waals surface area contributed by atoms with E-state index in [1.807, 2.05) is 25.4 Å². The van der Waals surface area contributed by atoms with E-state index in [4.69, 9.17) is 4.98 Å². The molecule has 3 aromatic rings. The topological polar surface area (TPSA) is 70.0 Å². The van der Waals surface area contributed by atoms with Gasteiger partial charge in [0.2, 0.25) is 0 Å². The molecule has 1 saturated heterocycles. The molecule has 4 heterocycles. The Morgan fingerprint density at radius 2 is 2.04 bits per heavy atom. The maximum Gasteiger partial charge on any atom is 0.120 e. The summed E-state index contributed by atoms with van der Waals surface area (Å²) in [6.07, 6.45) is 8.28. The highest BCUT2D eigenvalue weighted by molar-refractivity contribution is 5.97. The zero-order chi connectivity index (χ0) is 19.9. The molecule has 0 atom stereocenters. The van der Waals surface area contributed by atoms with Crippen LogP contribution in [0.1, 0.15) is 44.1 Å². The number of aromatic nitrogens is 4. The van der Waals surface area contributed by atoms with Gasteiger partial charge in [0.15, 0.2) is 0 Å². The van der Waals surface area contributed by atoms with Crippen LogP contribution >= 0.6 is 0 Å². The summed E-state index contributed by atoms with van der Waals surface area (Å²) in [5, 5.41) is 18.1. The average Bonchev–Trinajstić information content (AvgIpc) is 3.28. The van der Waals surface area contributed by atoms with Crippen molar-refractivity contribution in [3.63, 3.8) is 0 Å². The van der Waals surface area contributed by atoms with Crippen molar-refractivity contribution in [3.8, 4) is 23.0 Å². The van der Waals surface area contributed by atoms with Crippen molar-refractivity contribution in [2.24, 2.45) is 0 Å². The molecule has 0 unspecified atom stereocenters. The Bertz CT molecular complexity index is 1040. The first-order chi connectivity index (χ1) is 13.3. The molecule has 1 aliphatic rings. The van der Waals surface area contributed by atoms with Gasteiger partial charge in [-0.25, -0.2) is 4.98 Å². The molecule has 1 fully saturated rings. The highest BCUT2D eigenvalue weighted by Gasteiger charge is 2.23. The van der Waals surface area contributed by atoms with Crippen molar-refractivity contribution in [1.29, 1.82) is 0 Å². The number of rotatable bonds is 2. The van der Waals surface area contributed by atoms with E-state index in [-0.39, 0.29) is 0 Å². The number of piperidine rings is 1. The molecule has 3 aromatic heterocycles. The molecule has 0 amide bonds. The van der Waals surface area contributed by atoms with Crippen LogP contribution in [0.3, 0.4) is 0 Å². The Morgan fingerprint density at radius 1 is 1.29 bits per heavy atom. The summed E-state index contributed by atoms with van der Waals surface area (Å²) < 4.78 is 2.40. The maximum atomic E-state index is 9.94. The number of hydrogen-bond donors (Lipinski definition) is 2. The minimum Gasteiger partial charge on any atom is -0.378 e. The third-order valence-electron chi connectivity index (χ3n) is 5.37. The van der Waals surface area contributed by atoms with Crippen molar-refractivity contribution in [3.05, 3.63) is 36.0 Å². The fraction of sp³-hybridized carbons (Fsp3) is 0.455. The first-order valence-electron chi connectivity index (χ1n) is 9.77. The zero-order valence-corrected chi connectivity index (χ0v) is 17.0. The molecule has 0 spiro atoms. The molecule has 0 bridgehead atoms. The Hall–Kier alpha value is -2.62. The highest BCUT2D eigenvalue weighted by Crippen LogP contribution is 2.36. The summed E-state index contributed by atoms with van der Waals surface area (Å²) in [4.78, 5) is 7.11. The van der Waals surface area contributed by atoms with Gasteiger partial charge in [-0.05, 0) is 65.7 Å². The second-order valence-electron chi connectivity index (χ2n) is 8.27. The molecule has 0 radical (unpaired) electrons. The van der Waals surface area contributed by atoms with Crippen LogP contribution in [0.15, 0.2) is 24.7 Å². The van der Waals surface area contributed by atoms with Gasteiger partial charge in [-0.15, -0.1) is 0 Å². The van der Waals surface area contributed by atoms with E-state index in [1.165, 1.54) is 5.52 Å². The predicted octanol–water partition coefficient (Wildman–Crippen LogP) is 3.12. The van der Waals surface area contributed by atoms with Crippen molar-refractivity contribution >= 4 is 10.9 Å². The summed E-state index contributed by atoms with van der Waals surface area (Å²) in [7, 11) is 2.18. The number of aliphatic hydroxyl groups is 1. The zero-order valence-electron chi connectivity index (χ0n) is 17.0. The van der Waals surface area contributed by atoms with Crippen LogP contribution in [0.5, 0.6) is 0 Å². The lowest BCUT2D eigenvalue weighted by Crippen LogP contribution is -2.31. The van der Waals surface area contributed by atoms with Gasteiger partial charge in [-0.3, -0.25) is 5.10 Å². The number of hydrogen-bond acceptors (Lipinski definition) is 4. The normalized spacial score (nSPS) is 16.3. The fourth-order valence-corrected chi connectivity index (χ4v) is 3.94. The van der Waals surface area contributed by atoms with Gasteiger partial charge in [0.05, 0.1) is 17.4 Å². The molecule has 6 nitrogen and oxygen atoms in total. The Balaban J connectivity index is 1.88. The van der Waals surface area contributed by atoms with E-state index in [2.05, 4.69) is 44.7 Å². The first kappa shape index (κ1) is 18.7. The molecule has 0 aromatic carbocycles. The maximum absolute atomic E-state index is 9.94. The molecule has 0 saturated carbocycles. The summed E-state index contributed by atoms with van der Waals surface area (Å²) in [6.45, 7) is 7.61. The molecule has 28 heavy (non-hydrogen) atoms. The Labute approximate surface area is 165 Å². The average molecular weight is 377 g/mol. The SMILES string of the molecule is Cc1nc(C#CC(C)(C)O)cc2c(-c3cn[nH]c3)cn(C3CCN(C)CC3)c12. The van der Waals surface area contributed by atoms with E-state index in [1.54, 1.807) is 13.8 Å². The van der Waals surface area contributed by atoms with E-state index in [0.29, 0.717) is 11.7 Å². The predicted molar refractivity (Wildman–Crippen MR) is 111 cm³/mol. The highest BCUT2D eigenvalue weighted by atomic mass is 16.3. The second kappa shape index (κ2) is 7.08. The molecule has 146 valence electrons. The molecule has 0 aliphatic carbocycles. The molecule has 1 aliphatic heterocycles. The van der Waals surface area contributed by atoms with Crippen LogP contribution in [-0.4, -0.2) is 55.5 Å². The Kier molecular flexibility index (Phi) is 4.74. The van der Waals surface area contributed by atoms with Crippen LogP contribution in [0.4, 0.5) is 0 Å². The fourth-order valence-electron chi connectivity index (χ4n) is 3.94. The smallest absolute Gasteiger partial charge is 0.120 e. The lowest BCUT2D eigenvalue weighted by Gasteiger charge is -2.30. The number of nitrogens with zero attached hydrogens (tertiary/aromatic N) is 4. The van der Waals surface area contributed by atoms with Crippen LogP contribution < -0.4 is 0 Å². The number of H-pyrrole nitrogens is 1. The largest absolute Gasteiger partial charge is 0.378 e. The lowest BCUT2D eigenvalue weighted by molar-refractivity contribution is 0.143. The number of aromatic amines is 1. The van der Waals surface area contributed by atoms with Crippen LogP contribution in [0.25, 0.3) is 22.0 Å². The number of pyridine rings is 1. The van der Waals surface area contributed by atoms with Gasteiger partial charge in [0.1, 0.15) is 11.3 Å². The quantitative estimate of drug-likeness (QED) is 0.673. The molecule has 4 rings (SSSR count). The first-order valence-corrected chi connectivity index (χ1v) is 9.77.